The van der Waals surface area contributed by atoms with Crippen LogP contribution in [0.1, 0.15) is 51.9 Å². The third-order valence-electron chi connectivity index (χ3n) is 8.65. The first-order chi connectivity index (χ1) is 21.6. The zero-order valence-corrected chi connectivity index (χ0v) is 25.1. The van der Waals surface area contributed by atoms with Gasteiger partial charge in [0.25, 0.3) is 5.91 Å². The van der Waals surface area contributed by atoms with Crippen LogP contribution < -0.4 is 5.32 Å². The van der Waals surface area contributed by atoms with Crippen LogP contribution in [0.4, 0.5) is 0 Å². The fourth-order valence-electron chi connectivity index (χ4n) is 6.01. The number of benzene rings is 4. The Morgan fingerprint density at radius 2 is 1.52 bits per heavy atom. The predicted octanol–water partition coefficient (Wildman–Crippen LogP) is 5.90. The second-order valence-corrected chi connectivity index (χ2v) is 11.6. The number of hydrogen-bond acceptors (Lipinski definition) is 6. The minimum absolute atomic E-state index is 0.0155. The lowest BCUT2D eigenvalue weighted by Gasteiger charge is -2.43. The van der Waals surface area contributed by atoms with Gasteiger partial charge in [-0.3, -0.25) is 9.69 Å². The number of aliphatic hydroxyl groups excluding tert-OH is 1. The van der Waals surface area contributed by atoms with Crippen LogP contribution in [-0.2, 0) is 27.4 Å². The minimum Gasteiger partial charge on any atom is -0.392 e. The van der Waals surface area contributed by atoms with E-state index in [1.807, 2.05) is 60.7 Å². The first-order valence-corrected chi connectivity index (χ1v) is 15.4. The molecule has 6 rings (SSSR count). The van der Waals surface area contributed by atoms with Gasteiger partial charge >= 0.3 is 0 Å². The number of rotatable bonds is 9. The number of carbonyl (C=O) groups excluding carboxylic acids is 1. The summed E-state index contributed by atoms with van der Waals surface area (Å²) in [6.07, 6.45) is -0.696. The monoisotopic (exact) mass is 592 g/mol. The summed E-state index contributed by atoms with van der Waals surface area (Å²) in [7, 11) is 0. The predicted molar refractivity (Wildman–Crippen MR) is 170 cm³/mol. The van der Waals surface area contributed by atoms with Crippen molar-refractivity contribution in [2.24, 2.45) is 5.92 Å². The second kappa shape index (κ2) is 14.3. The maximum Gasteiger partial charge on any atom is 0.251 e. The lowest BCUT2D eigenvalue weighted by atomic mass is 9.90. The van der Waals surface area contributed by atoms with Crippen molar-refractivity contribution in [3.05, 3.63) is 131 Å². The van der Waals surface area contributed by atoms with E-state index in [0.29, 0.717) is 12.1 Å². The smallest absolute Gasteiger partial charge is 0.251 e. The highest BCUT2D eigenvalue weighted by Crippen LogP contribution is 2.42. The van der Waals surface area contributed by atoms with Crippen LogP contribution in [0.15, 0.2) is 103 Å². The maximum absolute atomic E-state index is 12.7. The molecule has 7 heteroatoms. The van der Waals surface area contributed by atoms with E-state index >= 15 is 0 Å². The Hall–Kier alpha value is -3.85. The van der Waals surface area contributed by atoms with Crippen LogP contribution in [0.3, 0.4) is 0 Å². The van der Waals surface area contributed by atoms with Gasteiger partial charge in [-0.15, -0.1) is 0 Å². The van der Waals surface area contributed by atoms with Gasteiger partial charge in [0.15, 0.2) is 6.29 Å². The average molecular weight is 593 g/mol. The first kappa shape index (κ1) is 30.2. The van der Waals surface area contributed by atoms with Gasteiger partial charge < -0.3 is 24.6 Å². The summed E-state index contributed by atoms with van der Waals surface area (Å²) < 4.78 is 18.9. The molecule has 0 saturated carbocycles. The van der Waals surface area contributed by atoms with Gasteiger partial charge in [0.1, 0.15) is 0 Å². The molecular weight excluding hydrogens is 552 g/mol. The third kappa shape index (κ3) is 7.09. The summed E-state index contributed by atoms with van der Waals surface area (Å²) >= 11 is 0. The van der Waals surface area contributed by atoms with E-state index in [-0.39, 0.29) is 30.6 Å². The Kier molecular flexibility index (Phi) is 9.80. The van der Waals surface area contributed by atoms with Crippen molar-refractivity contribution in [3.63, 3.8) is 0 Å². The number of morpholine rings is 1. The third-order valence-corrected chi connectivity index (χ3v) is 8.65. The quantitative estimate of drug-likeness (QED) is 0.252. The fraction of sp³-hybridized carbons (Fsp3) is 0.324. The summed E-state index contributed by atoms with van der Waals surface area (Å²) in [5, 5.41) is 12.6. The SMILES string of the molecule is C[C@@H]1[C@H](CN2CCOCC2)O[C@H](c2ccc(-c3ccccc3CNC(=O)c3ccccc3)cc2)O[C@@H]1c1ccc(CO)cc1. The fourth-order valence-corrected chi connectivity index (χ4v) is 6.01. The van der Waals surface area contributed by atoms with Crippen LogP contribution in [0, 0.1) is 5.92 Å². The molecule has 228 valence electrons. The molecule has 2 aliphatic heterocycles. The van der Waals surface area contributed by atoms with Gasteiger partial charge in [0, 0.05) is 43.2 Å². The van der Waals surface area contributed by atoms with Crippen LogP contribution in [0.2, 0.25) is 0 Å². The zero-order valence-electron chi connectivity index (χ0n) is 25.1. The van der Waals surface area contributed by atoms with Crippen molar-refractivity contribution in [2.45, 2.75) is 38.6 Å². The summed E-state index contributed by atoms with van der Waals surface area (Å²) in [5.41, 5.74) is 6.73. The number of nitrogens with one attached hydrogen (secondary N) is 1. The van der Waals surface area contributed by atoms with Crippen molar-refractivity contribution >= 4 is 5.91 Å². The van der Waals surface area contributed by atoms with Crippen LogP contribution in [0.25, 0.3) is 11.1 Å². The molecular formula is C37H40N2O5. The number of carbonyl (C=O) groups is 1. The van der Waals surface area contributed by atoms with Crippen molar-refractivity contribution in [3.8, 4) is 11.1 Å². The van der Waals surface area contributed by atoms with Gasteiger partial charge in [-0.2, -0.15) is 0 Å². The highest BCUT2D eigenvalue weighted by molar-refractivity contribution is 5.94. The van der Waals surface area contributed by atoms with Gasteiger partial charge in [-0.1, -0.05) is 97.9 Å². The molecule has 7 nitrogen and oxygen atoms in total. The van der Waals surface area contributed by atoms with E-state index in [0.717, 1.165) is 66.2 Å². The van der Waals surface area contributed by atoms with E-state index < -0.39 is 6.29 Å². The molecule has 0 aromatic heterocycles. The van der Waals surface area contributed by atoms with Crippen molar-refractivity contribution in [1.82, 2.24) is 10.2 Å². The zero-order chi connectivity index (χ0) is 30.3. The van der Waals surface area contributed by atoms with Crippen LogP contribution in [-0.4, -0.2) is 54.9 Å². The molecule has 2 heterocycles. The summed E-state index contributed by atoms with van der Waals surface area (Å²) in [4.78, 5) is 15.1. The van der Waals surface area contributed by atoms with Gasteiger partial charge in [-0.25, -0.2) is 0 Å². The molecule has 2 N–H and O–H groups in total. The van der Waals surface area contributed by atoms with Crippen LogP contribution in [0.5, 0.6) is 0 Å². The largest absolute Gasteiger partial charge is 0.392 e. The molecule has 2 saturated heterocycles. The molecule has 0 aliphatic carbocycles. The van der Waals surface area contributed by atoms with E-state index in [1.54, 1.807) is 0 Å². The molecule has 4 aromatic rings. The van der Waals surface area contributed by atoms with Crippen molar-refractivity contribution in [2.75, 3.05) is 32.8 Å². The Morgan fingerprint density at radius 3 is 2.25 bits per heavy atom. The van der Waals surface area contributed by atoms with E-state index in [9.17, 15) is 9.90 Å². The Morgan fingerprint density at radius 1 is 0.841 bits per heavy atom. The number of hydrogen-bond donors (Lipinski definition) is 2. The van der Waals surface area contributed by atoms with E-state index in [1.165, 1.54) is 0 Å². The summed E-state index contributed by atoms with van der Waals surface area (Å²) in [6, 6.07) is 33.8. The number of amides is 1. The minimum atomic E-state index is -0.519. The standard InChI is InChI=1S/C37H40N2O5/c1-26-34(24-39-19-21-42-22-20-39)43-37(44-35(26)29-13-11-27(25-40)12-14-29)31-17-15-28(16-18-31)33-10-6-5-9-32(33)23-38-36(41)30-7-3-2-4-8-30/h2-18,26,34-35,37,40H,19-25H2,1H3,(H,38,41)/t26-,34+,35+,37+/m1/s1. The maximum atomic E-state index is 12.7. The average Bonchev–Trinajstić information content (AvgIpc) is 3.09. The number of aliphatic hydroxyl groups is 1. The highest BCUT2D eigenvalue weighted by atomic mass is 16.7. The highest BCUT2D eigenvalue weighted by Gasteiger charge is 2.39. The molecule has 0 spiro atoms. The van der Waals surface area contributed by atoms with E-state index in [2.05, 4.69) is 59.6 Å². The van der Waals surface area contributed by atoms with Crippen molar-refractivity contribution in [1.29, 1.82) is 0 Å². The Balaban J connectivity index is 1.21. The van der Waals surface area contributed by atoms with Gasteiger partial charge in [0.05, 0.1) is 32.0 Å². The molecule has 0 radical (unpaired) electrons. The Labute approximate surface area is 259 Å². The van der Waals surface area contributed by atoms with Crippen LogP contribution >= 0.6 is 0 Å². The molecule has 1 amide bonds. The van der Waals surface area contributed by atoms with Crippen molar-refractivity contribution < 1.29 is 24.1 Å². The first-order valence-electron chi connectivity index (χ1n) is 15.4. The normalized spacial score (nSPS) is 22.4. The number of ether oxygens (including phenoxy) is 3. The van der Waals surface area contributed by atoms with E-state index in [4.69, 9.17) is 14.2 Å². The van der Waals surface area contributed by atoms with Gasteiger partial charge in [-0.05, 0) is 39.9 Å². The van der Waals surface area contributed by atoms with Gasteiger partial charge in [0.2, 0.25) is 0 Å². The lowest BCUT2D eigenvalue weighted by Crippen LogP contribution is -2.47. The molecule has 2 fully saturated rings. The Bertz CT molecular complexity index is 1500. The molecule has 2 aliphatic rings. The molecule has 4 atom stereocenters. The molecule has 0 bridgehead atoms. The molecule has 4 aromatic carbocycles. The summed E-state index contributed by atoms with van der Waals surface area (Å²) in [6.45, 7) is 6.73. The lowest BCUT2D eigenvalue weighted by molar-refractivity contribution is -0.277. The second-order valence-electron chi connectivity index (χ2n) is 11.6. The molecule has 44 heavy (non-hydrogen) atoms. The molecule has 0 unspecified atom stereocenters. The number of nitrogens with zero attached hydrogens (tertiary/aromatic N) is 1. The summed E-state index contributed by atoms with van der Waals surface area (Å²) in [5.74, 6) is 0.0371. The topological polar surface area (TPSA) is 80.3 Å².